The molecule has 0 radical (unpaired) electrons. The first kappa shape index (κ1) is 10.2. The van der Waals surface area contributed by atoms with Crippen molar-refractivity contribution in [2.45, 2.75) is 12.5 Å². The second-order valence-corrected chi connectivity index (χ2v) is 6.16. The van der Waals surface area contributed by atoms with Gasteiger partial charge in [0.25, 0.3) is 6.64 Å². The van der Waals surface area contributed by atoms with E-state index in [-0.39, 0.29) is 6.10 Å². The third-order valence-electron chi connectivity index (χ3n) is 1.81. The van der Waals surface area contributed by atoms with Crippen molar-refractivity contribution < 1.29 is 9.05 Å². The van der Waals surface area contributed by atoms with Crippen LogP contribution >= 0.6 is 6.64 Å². The van der Waals surface area contributed by atoms with Crippen LogP contribution in [0.4, 0.5) is 0 Å². The quantitative estimate of drug-likeness (QED) is 0.474. The zero-order chi connectivity index (χ0) is 9.19. The average Bonchev–Trinajstić information content (AvgIpc) is 2.10. The zero-order valence-electron chi connectivity index (χ0n) is 7.19. The fraction of sp³-hybridized carbons (Fsp3) is 0.714. The summed E-state index contributed by atoms with van der Waals surface area (Å²) in [6.45, 7) is -1.39. The Bertz CT molecular complexity index is 250. The molecule has 3 nitrogen and oxygen atoms in total. The molecule has 1 heterocycles. The van der Waals surface area contributed by atoms with Crippen molar-refractivity contribution in [2.75, 3.05) is 20.7 Å². The Hall–Kier alpha value is 0.0900. The van der Waals surface area contributed by atoms with E-state index in [1.807, 2.05) is 11.7 Å². The van der Waals surface area contributed by atoms with Gasteiger partial charge in [0.2, 0.25) is 0 Å². The van der Waals surface area contributed by atoms with Gasteiger partial charge in [-0.1, -0.05) is 5.92 Å². The standard InChI is InChI=1S/C7H12NO2PS/c1-4-7-5-6-8(2)11(12,9-3)10-7/h1,7H,5-6H2,2-3H3. The molecule has 0 aliphatic carbocycles. The molecule has 0 amide bonds. The Morgan fingerprint density at radius 2 is 2.50 bits per heavy atom. The molecule has 1 aliphatic heterocycles. The number of hydrogen-bond acceptors (Lipinski definition) is 3. The van der Waals surface area contributed by atoms with Gasteiger partial charge in [-0.3, -0.25) is 0 Å². The third-order valence-corrected chi connectivity index (χ3v) is 5.37. The van der Waals surface area contributed by atoms with E-state index in [0.29, 0.717) is 0 Å². The summed E-state index contributed by atoms with van der Waals surface area (Å²) in [5.74, 6) is 2.55. The van der Waals surface area contributed by atoms with Crippen LogP contribution in [0, 0.1) is 12.3 Å². The molecule has 5 heteroatoms. The Labute approximate surface area is 78.3 Å². The minimum atomic E-state index is -2.23. The summed E-state index contributed by atoms with van der Waals surface area (Å²) in [5, 5.41) is 0. The van der Waals surface area contributed by atoms with Gasteiger partial charge in [0.1, 0.15) is 6.10 Å². The lowest BCUT2D eigenvalue weighted by Gasteiger charge is -2.36. The summed E-state index contributed by atoms with van der Waals surface area (Å²) in [4.78, 5) is 0. The Morgan fingerprint density at radius 1 is 1.83 bits per heavy atom. The van der Waals surface area contributed by atoms with E-state index < -0.39 is 6.64 Å². The highest BCUT2D eigenvalue weighted by Gasteiger charge is 2.32. The van der Waals surface area contributed by atoms with Gasteiger partial charge in [0.05, 0.1) is 0 Å². The van der Waals surface area contributed by atoms with Gasteiger partial charge < -0.3 is 9.05 Å². The summed E-state index contributed by atoms with van der Waals surface area (Å²) >= 11 is 5.22. The molecule has 0 N–H and O–H groups in total. The first-order chi connectivity index (χ1) is 5.62. The summed E-state index contributed by atoms with van der Waals surface area (Å²) in [7, 11) is 3.47. The normalized spacial score (nSPS) is 37.6. The minimum Gasteiger partial charge on any atom is -0.321 e. The van der Waals surface area contributed by atoms with Crippen LogP contribution in [-0.2, 0) is 20.9 Å². The van der Waals surface area contributed by atoms with Crippen LogP contribution < -0.4 is 0 Å². The van der Waals surface area contributed by atoms with Gasteiger partial charge >= 0.3 is 0 Å². The summed E-state index contributed by atoms with van der Waals surface area (Å²) in [6, 6.07) is 0. The molecule has 1 fully saturated rings. The highest BCUT2D eigenvalue weighted by molar-refractivity contribution is 8.08. The largest absolute Gasteiger partial charge is 0.321 e. The van der Waals surface area contributed by atoms with Crippen molar-refractivity contribution in [3.63, 3.8) is 0 Å². The Kier molecular flexibility index (Phi) is 3.28. The van der Waals surface area contributed by atoms with Crippen molar-refractivity contribution >= 4 is 18.4 Å². The highest BCUT2D eigenvalue weighted by Crippen LogP contribution is 2.54. The van der Waals surface area contributed by atoms with Gasteiger partial charge in [-0.15, -0.1) is 6.42 Å². The molecule has 0 spiro atoms. The van der Waals surface area contributed by atoms with E-state index in [1.165, 1.54) is 0 Å². The van der Waals surface area contributed by atoms with Crippen LogP contribution in [0.2, 0.25) is 0 Å². The second kappa shape index (κ2) is 3.87. The van der Waals surface area contributed by atoms with E-state index in [2.05, 4.69) is 5.92 Å². The second-order valence-electron chi connectivity index (χ2n) is 2.58. The minimum absolute atomic E-state index is 0.174. The number of rotatable bonds is 1. The molecule has 0 aromatic rings. The van der Waals surface area contributed by atoms with E-state index in [9.17, 15) is 0 Å². The van der Waals surface area contributed by atoms with Crippen LogP contribution in [0.3, 0.4) is 0 Å². The van der Waals surface area contributed by atoms with E-state index in [0.717, 1.165) is 13.0 Å². The molecule has 12 heavy (non-hydrogen) atoms. The molecular weight excluding hydrogens is 193 g/mol. The van der Waals surface area contributed by atoms with Crippen LogP contribution in [0.5, 0.6) is 0 Å². The molecule has 2 unspecified atom stereocenters. The molecule has 1 aliphatic rings. The van der Waals surface area contributed by atoms with E-state index in [1.54, 1.807) is 7.11 Å². The van der Waals surface area contributed by atoms with Gasteiger partial charge in [-0.2, -0.15) is 0 Å². The third kappa shape index (κ3) is 1.87. The highest BCUT2D eigenvalue weighted by atomic mass is 32.5. The van der Waals surface area contributed by atoms with Crippen molar-refractivity contribution in [1.29, 1.82) is 0 Å². The molecule has 1 saturated heterocycles. The zero-order valence-corrected chi connectivity index (χ0v) is 8.90. The van der Waals surface area contributed by atoms with Crippen LogP contribution in [-0.4, -0.2) is 31.5 Å². The molecule has 68 valence electrons. The first-order valence-electron chi connectivity index (χ1n) is 3.64. The fourth-order valence-corrected chi connectivity index (χ4v) is 2.95. The Balaban J connectivity index is 2.73. The lowest BCUT2D eigenvalue weighted by atomic mass is 10.3. The van der Waals surface area contributed by atoms with Gasteiger partial charge in [-0.05, 0) is 25.3 Å². The summed E-state index contributed by atoms with van der Waals surface area (Å²) < 4.78 is 12.6. The fourth-order valence-electron chi connectivity index (χ4n) is 1.02. The molecular formula is C7H12NO2PS. The number of terminal acetylenes is 1. The Morgan fingerprint density at radius 3 is 3.00 bits per heavy atom. The predicted octanol–water partition coefficient (Wildman–Crippen LogP) is 1.21. The van der Waals surface area contributed by atoms with Crippen molar-refractivity contribution in [3.05, 3.63) is 0 Å². The molecule has 2 atom stereocenters. The lowest BCUT2D eigenvalue weighted by molar-refractivity contribution is 0.158. The number of hydrogen-bond donors (Lipinski definition) is 0. The average molecular weight is 205 g/mol. The SMILES string of the molecule is C#CC1CCN(C)P(=S)(OC)O1. The summed E-state index contributed by atoms with van der Waals surface area (Å²) in [5.41, 5.74) is 0. The summed E-state index contributed by atoms with van der Waals surface area (Å²) in [6.07, 6.45) is 5.90. The lowest BCUT2D eigenvalue weighted by Crippen LogP contribution is -2.30. The molecule has 1 rings (SSSR count). The van der Waals surface area contributed by atoms with Crippen molar-refractivity contribution in [3.8, 4) is 12.3 Å². The molecule has 0 aromatic carbocycles. The van der Waals surface area contributed by atoms with Gasteiger partial charge in [0, 0.05) is 13.7 Å². The van der Waals surface area contributed by atoms with Crippen LogP contribution in [0.1, 0.15) is 6.42 Å². The predicted molar refractivity (Wildman–Crippen MR) is 52.2 cm³/mol. The number of nitrogens with zero attached hydrogens (tertiary/aromatic N) is 1. The van der Waals surface area contributed by atoms with E-state index >= 15 is 0 Å². The van der Waals surface area contributed by atoms with Crippen molar-refractivity contribution in [1.82, 2.24) is 4.67 Å². The molecule has 0 aromatic heterocycles. The smallest absolute Gasteiger partial charge is 0.264 e. The monoisotopic (exact) mass is 205 g/mol. The first-order valence-corrected chi connectivity index (χ1v) is 6.23. The maximum atomic E-state index is 5.48. The molecule has 0 bridgehead atoms. The maximum Gasteiger partial charge on any atom is 0.264 e. The van der Waals surface area contributed by atoms with Crippen LogP contribution in [0.15, 0.2) is 0 Å². The van der Waals surface area contributed by atoms with Crippen molar-refractivity contribution in [2.24, 2.45) is 0 Å². The maximum absolute atomic E-state index is 5.48. The molecule has 0 saturated carbocycles. The van der Waals surface area contributed by atoms with Crippen LogP contribution in [0.25, 0.3) is 0 Å². The topological polar surface area (TPSA) is 21.7 Å². The van der Waals surface area contributed by atoms with E-state index in [4.69, 9.17) is 27.3 Å². The van der Waals surface area contributed by atoms with Gasteiger partial charge in [-0.25, -0.2) is 4.67 Å². The van der Waals surface area contributed by atoms with Gasteiger partial charge in [0.15, 0.2) is 0 Å².